The van der Waals surface area contributed by atoms with Crippen molar-refractivity contribution in [3.63, 3.8) is 0 Å². The minimum absolute atomic E-state index is 0.895. The van der Waals surface area contributed by atoms with Crippen LogP contribution in [0.2, 0.25) is 0 Å². The maximum absolute atomic E-state index is 4.52. The maximum atomic E-state index is 4.52. The molecule has 0 aromatic carbocycles. The summed E-state index contributed by atoms with van der Waals surface area (Å²) in [6.45, 7) is 7.59. The molecule has 3 nitrogen and oxygen atoms in total. The van der Waals surface area contributed by atoms with Crippen molar-refractivity contribution in [1.82, 2.24) is 14.9 Å². The molecule has 0 amide bonds. The molecule has 2 rings (SSSR count). The molecule has 2 heterocycles. The average Bonchev–Trinajstić information content (AvgIpc) is 2.25. The molecule has 0 saturated carbocycles. The Morgan fingerprint density at radius 1 is 1.47 bits per heavy atom. The summed E-state index contributed by atoms with van der Waals surface area (Å²) in [6.07, 6.45) is 5.67. The number of nitrogens with zero attached hydrogens (tertiary/aromatic N) is 3. The number of fused-ring (bicyclic) bond motifs is 1. The Labute approximate surface area is 91.5 Å². The zero-order valence-corrected chi connectivity index (χ0v) is 9.66. The first-order valence-corrected chi connectivity index (χ1v) is 5.83. The predicted molar refractivity (Wildman–Crippen MR) is 60.7 cm³/mol. The van der Waals surface area contributed by atoms with Crippen molar-refractivity contribution in [2.24, 2.45) is 0 Å². The van der Waals surface area contributed by atoms with Gasteiger partial charge in [-0.05, 0) is 31.9 Å². The first-order chi connectivity index (χ1) is 7.29. The molecule has 1 aliphatic rings. The summed E-state index contributed by atoms with van der Waals surface area (Å²) in [4.78, 5) is 11.3. The molecule has 15 heavy (non-hydrogen) atoms. The Hall–Kier alpha value is -0.960. The van der Waals surface area contributed by atoms with Crippen LogP contribution in [0.4, 0.5) is 0 Å². The van der Waals surface area contributed by atoms with E-state index in [0.717, 1.165) is 18.8 Å². The van der Waals surface area contributed by atoms with E-state index in [1.54, 1.807) is 0 Å². The molecule has 1 aliphatic heterocycles. The Balaban J connectivity index is 2.05. The van der Waals surface area contributed by atoms with Gasteiger partial charge in [-0.2, -0.15) is 0 Å². The second kappa shape index (κ2) is 4.71. The van der Waals surface area contributed by atoms with E-state index < -0.39 is 0 Å². The maximum Gasteiger partial charge on any atom is 0.125 e. The molecule has 82 valence electrons. The van der Waals surface area contributed by atoms with Crippen LogP contribution < -0.4 is 0 Å². The van der Waals surface area contributed by atoms with Crippen LogP contribution in [-0.4, -0.2) is 28.0 Å². The molecule has 0 unspecified atom stereocenters. The quantitative estimate of drug-likeness (QED) is 0.755. The fourth-order valence-corrected chi connectivity index (χ4v) is 2.03. The van der Waals surface area contributed by atoms with E-state index in [2.05, 4.69) is 21.8 Å². The minimum Gasteiger partial charge on any atom is -0.297 e. The predicted octanol–water partition coefficient (Wildman–Crippen LogP) is 1.94. The molecule has 0 fully saturated rings. The van der Waals surface area contributed by atoms with Gasteiger partial charge in [0.05, 0.1) is 5.69 Å². The Bertz CT molecular complexity index is 336. The fraction of sp³-hybridized carbons (Fsp3) is 0.667. The molecular formula is C12H19N3. The topological polar surface area (TPSA) is 29.0 Å². The third kappa shape index (κ3) is 2.53. The van der Waals surface area contributed by atoms with E-state index in [4.69, 9.17) is 0 Å². The van der Waals surface area contributed by atoms with Gasteiger partial charge in [-0.1, -0.05) is 13.3 Å². The Kier molecular flexibility index (Phi) is 3.31. The zero-order valence-electron chi connectivity index (χ0n) is 9.66. The van der Waals surface area contributed by atoms with Crippen LogP contribution in [0.3, 0.4) is 0 Å². The van der Waals surface area contributed by atoms with Gasteiger partial charge in [0.15, 0.2) is 0 Å². The van der Waals surface area contributed by atoms with Crippen LogP contribution in [0.5, 0.6) is 0 Å². The second-order valence-corrected chi connectivity index (χ2v) is 4.27. The SMILES string of the molecule is CCCCN1CCc2cnc(C)nc2C1. The lowest BCUT2D eigenvalue weighted by molar-refractivity contribution is 0.245. The zero-order chi connectivity index (χ0) is 10.7. The number of aryl methyl sites for hydroxylation is 1. The van der Waals surface area contributed by atoms with Crippen molar-refractivity contribution in [3.05, 3.63) is 23.3 Å². The molecule has 0 saturated heterocycles. The number of hydrogen-bond acceptors (Lipinski definition) is 3. The number of aromatic nitrogens is 2. The van der Waals surface area contributed by atoms with Crippen LogP contribution in [-0.2, 0) is 13.0 Å². The molecule has 0 bridgehead atoms. The summed E-state index contributed by atoms with van der Waals surface area (Å²) in [5.74, 6) is 0.895. The monoisotopic (exact) mass is 205 g/mol. The van der Waals surface area contributed by atoms with Gasteiger partial charge in [0.2, 0.25) is 0 Å². The van der Waals surface area contributed by atoms with E-state index in [1.165, 1.54) is 37.2 Å². The van der Waals surface area contributed by atoms with Crippen LogP contribution >= 0.6 is 0 Å². The van der Waals surface area contributed by atoms with Crippen LogP contribution in [0.25, 0.3) is 0 Å². The first kappa shape index (κ1) is 10.6. The smallest absolute Gasteiger partial charge is 0.125 e. The van der Waals surface area contributed by atoms with Crippen LogP contribution in [0.1, 0.15) is 36.8 Å². The summed E-state index contributed by atoms with van der Waals surface area (Å²) in [5, 5.41) is 0. The third-order valence-corrected chi connectivity index (χ3v) is 2.97. The van der Waals surface area contributed by atoms with E-state index in [0.29, 0.717) is 0 Å². The van der Waals surface area contributed by atoms with E-state index in [1.807, 2.05) is 13.1 Å². The van der Waals surface area contributed by atoms with E-state index in [-0.39, 0.29) is 0 Å². The highest BCUT2D eigenvalue weighted by molar-refractivity contribution is 5.20. The molecule has 0 atom stereocenters. The van der Waals surface area contributed by atoms with Crippen molar-refractivity contribution >= 4 is 0 Å². The molecule has 0 aliphatic carbocycles. The highest BCUT2D eigenvalue weighted by Gasteiger charge is 2.16. The van der Waals surface area contributed by atoms with Crippen LogP contribution in [0, 0.1) is 6.92 Å². The first-order valence-electron chi connectivity index (χ1n) is 5.83. The standard InChI is InChI=1S/C12H19N3/c1-3-4-6-15-7-5-11-8-13-10(2)14-12(11)9-15/h8H,3-7,9H2,1-2H3. The van der Waals surface area contributed by atoms with Gasteiger partial charge in [-0.3, -0.25) is 4.90 Å². The van der Waals surface area contributed by atoms with E-state index in [9.17, 15) is 0 Å². The van der Waals surface area contributed by atoms with Gasteiger partial charge in [-0.15, -0.1) is 0 Å². The minimum atomic E-state index is 0.895. The summed E-state index contributed by atoms with van der Waals surface area (Å²) in [5.41, 5.74) is 2.58. The molecule has 0 radical (unpaired) electrons. The van der Waals surface area contributed by atoms with E-state index >= 15 is 0 Å². The summed E-state index contributed by atoms with van der Waals surface area (Å²) in [6, 6.07) is 0. The third-order valence-electron chi connectivity index (χ3n) is 2.97. The molecule has 1 aromatic rings. The highest BCUT2D eigenvalue weighted by Crippen LogP contribution is 2.16. The number of rotatable bonds is 3. The lowest BCUT2D eigenvalue weighted by Gasteiger charge is -2.27. The fourth-order valence-electron chi connectivity index (χ4n) is 2.03. The van der Waals surface area contributed by atoms with Crippen molar-refractivity contribution in [2.45, 2.75) is 39.7 Å². The molecule has 1 aromatic heterocycles. The molecule has 0 spiro atoms. The van der Waals surface area contributed by atoms with Gasteiger partial charge >= 0.3 is 0 Å². The molecule has 3 heteroatoms. The number of hydrogen-bond donors (Lipinski definition) is 0. The number of unbranched alkanes of at least 4 members (excludes halogenated alkanes) is 1. The van der Waals surface area contributed by atoms with Crippen molar-refractivity contribution in [1.29, 1.82) is 0 Å². The normalized spacial score (nSPS) is 16.4. The van der Waals surface area contributed by atoms with Crippen LogP contribution in [0.15, 0.2) is 6.20 Å². The van der Waals surface area contributed by atoms with Gasteiger partial charge in [-0.25, -0.2) is 9.97 Å². The highest BCUT2D eigenvalue weighted by atomic mass is 15.1. The Morgan fingerprint density at radius 3 is 3.13 bits per heavy atom. The lowest BCUT2D eigenvalue weighted by Crippen LogP contribution is -2.32. The average molecular weight is 205 g/mol. The lowest BCUT2D eigenvalue weighted by atomic mass is 10.1. The van der Waals surface area contributed by atoms with Crippen molar-refractivity contribution in [3.8, 4) is 0 Å². The van der Waals surface area contributed by atoms with Gasteiger partial charge < -0.3 is 0 Å². The molecule has 0 N–H and O–H groups in total. The largest absolute Gasteiger partial charge is 0.297 e. The second-order valence-electron chi connectivity index (χ2n) is 4.27. The van der Waals surface area contributed by atoms with Crippen molar-refractivity contribution < 1.29 is 0 Å². The van der Waals surface area contributed by atoms with Crippen molar-refractivity contribution in [2.75, 3.05) is 13.1 Å². The summed E-state index contributed by atoms with van der Waals surface area (Å²) < 4.78 is 0. The van der Waals surface area contributed by atoms with Gasteiger partial charge in [0.1, 0.15) is 5.82 Å². The Morgan fingerprint density at radius 2 is 2.33 bits per heavy atom. The van der Waals surface area contributed by atoms with Gasteiger partial charge in [0, 0.05) is 19.3 Å². The summed E-state index contributed by atoms with van der Waals surface area (Å²) in [7, 11) is 0. The summed E-state index contributed by atoms with van der Waals surface area (Å²) >= 11 is 0. The molecular weight excluding hydrogens is 186 g/mol. The van der Waals surface area contributed by atoms with Gasteiger partial charge in [0.25, 0.3) is 0 Å².